The highest BCUT2D eigenvalue weighted by atomic mass is 35.5. The van der Waals surface area contributed by atoms with Gasteiger partial charge in [-0.3, -0.25) is 4.21 Å². The molecule has 0 saturated carbocycles. The Balaban J connectivity index is 2.26. The van der Waals surface area contributed by atoms with Crippen molar-refractivity contribution in [2.45, 2.75) is 30.6 Å². The van der Waals surface area contributed by atoms with E-state index in [2.05, 4.69) is 5.16 Å². The van der Waals surface area contributed by atoms with Crippen molar-refractivity contribution < 1.29 is 17.8 Å². The minimum Gasteiger partial charge on any atom is -0.389 e. The Labute approximate surface area is 117 Å². The minimum absolute atomic E-state index is 0.202. The number of hydrogen-bond acceptors (Lipinski definition) is 3. The van der Waals surface area contributed by atoms with E-state index in [0.717, 1.165) is 12.1 Å². The predicted octanol–water partition coefficient (Wildman–Crippen LogP) is 3.46. The van der Waals surface area contributed by atoms with E-state index >= 15 is 0 Å². The van der Waals surface area contributed by atoms with E-state index in [4.69, 9.17) is 16.4 Å². The van der Waals surface area contributed by atoms with Crippen molar-refractivity contribution in [3.8, 4) is 0 Å². The molecule has 0 aliphatic carbocycles. The van der Waals surface area contributed by atoms with Gasteiger partial charge in [-0.1, -0.05) is 11.2 Å². The lowest BCUT2D eigenvalue weighted by Crippen LogP contribution is -2.21. The maximum Gasteiger partial charge on any atom is 0.149 e. The first-order chi connectivity index (χ1) is 8.82. The van der Waals surface area contributed by atoms with E-state index in [1.54, 1.807) is 13.8 Å². The van der Waals surface area contributed by atoms with Gasteiger partial charge in [0.2, 0.25) is 0 Å². The Morgan fingerprint density at radius 3 is 2.47 bits per heavy atom. The van der Waals surface area contributed by atoms with Crippen LogP contribution in [0.1, 0.15) is 30.5 Å². The molecule has 2 atom stereocenters. The van der Waals surface area contributed by atoms with Crippen molar-refractivity contribution in [1.82, 2.24) is 0 Å². The van der Waals surface area contributed by atoms with Gasteiger partial charge in [0.15, 0.2) is 0 Å². The number of oxime groups is 1. The second-order valence-electron chi connectivity index (χ2n) is 4.76. The van der Waals surface area contributed by atoms with Crippen molar-refractivity contribution in [1.29, 1.82) is 0 Å². The van der Waals surface area contributed by atoms with Crippen LogP contribution in [0.15, 0.2) is 23.4 Å². The summed E-state index contributed by atoms with van der Waals surface area (Å²) in [7, 11) is -1.85. The molecule has 1 aliphatic heterocycles. The molecule has 1 aromatic carbocycles. The number of halogens is 3. The Morgan fingerprint density at radius 1 is 1.42 bits per heavy atom. The van der Waals surface area contributed by atoms with E-state index < -0.39 is 38.3 Å². The van der Waals surface area contributed by atoms with E-state index in [1.807, 2.05) is 0 Å². The lowest BCUT2D eigenvalue weighted by Gasteiger charge is -2.14. The zero-order valence-corrected chi connectivity index (χ0v) is 11.9. The van der Waals surface area contributed by atoms with E-state index in [-0.39, 0.29) is 5.04 Å². The molecule has 0 fully saturated rings. The second-order valence-corrected chi connectivity index (χ2v) is 6.99. The first kappa shape index (κ1) is 14.4. The number of benzene rings is 1. The second kappa shape index (κ2) is 5.17. The molecular weight excluding hydrogens is 296 g/mol. The van der Waals surface area contributed by atoms with E-state index in [1.165, 1.54) is 6.07 Å². The average Bonchev–Trinajstić information content (AvgIpc) is 2.68. The summed E-state index contributed by atoms with van der Waals surface area (Å²) in [6, 6.07) is 3.36. The number of alkyl halides is 1. The van der Waals surface area contributed by atoms with Crippen LogP contribution in [-0.2, 0) is 15.6 Å². The van der Waals surface area contributed by atoms with Gasteiger partial charge < -0.3 is 4.84 Å². The molecule has 0 N–H and O–H groups in total. The monoisotopic (exact) mass is 307 g/mol. The van der Waals surface area contributed by atoms with E-state index in [0.29, 0.717) is 6.42 Å². The van der Waals surface area contributed by atoms with Gasteiger partial charge in [-0.15, -0.1) is 11.6 Å². The summed E-state index contributed by atoms with van der Waals surface area (Å²) < 4.78 is 38.0. The fourth-order valence-corrected chi connectivity index (χ4v) is 3.46. The molecule has 0 amide bonds. The highest BCUT2D eigenvalue weighted by Crippen LogP contribution is 2.33. The lowest BCUT2D eigenvalue weighted by molar-refractivity contribution is 0.0123. The van der Waals surface area contributed by atoms with Crippen LogP contribution in [0.2, 0.25) is 0 Å². The molecule has 104 valence electrons. The SMILES string of the molecule is CC1(C)CC(S(=O)C(Cl)c2c(F)cccc2F)=NO1. The van der Waals surface area contributed by atoms with Gasteiger partial charge in [0.25, 0.3) is 0 Å². The number of nitrogens with zero attached hydrogens (tertiary/aromatic N) is 1. The standard InChI is InChI=1S/C12H12ClF2NO2S/c1-12(2)6-9(16-18-12)19(17)11(13)10-7(14)4-3-5-8(10)15/h3-5,11H,6H2,1-2H3. The van der Waals surface area contributed by atoms with Gasteiger partial charge in [-0.25, -0.2) is 8.78 Å². The van der Waals surface area contributed by atoms with Gasteiger partial charge in [0.05, 0.1) is 16.4 Å². The van der Waals surface area contributed by atoms with Crippen molar-refractivity contribution >= 4 is 27.4 Å². The topological polar surface area (TPSA) is 38.7 Å². The molecule has 1 heterocycles. The van der Waals surface area contributed by atoms with Crippen LogP contribution in [0.5, 0.6) is 0 Å². The first-order valence-corrected chi connectivity index (χ1v) is 7.20. The zero-order chi connectivity index (χ0) is 14.2. The smallest absolute Gasteiger partial charge is 0.149 e. The fraction of sp³-hybridized carbons (Fsp3) is 0.417. The minimum atomic E-state index is -1.85. The quantitative estimate of drug-likeness (QED) is 0.785. The van der Waals surface area contributed by atoms with Crippen molar-refractivity contribution in [2.24, 2.45) is 5.16 Å². The van der Waals surface area contributed by atoms with Crippen LogP contribution in [0.25, 0.3) is 0 Å². The number of rotatable bonds is 2. The molecule has 0 radical (unpaired) electrons. The fourth-order valence-electron chi connectivity index (χ4n) is 1.67. The van der Waals surface area contributed by atoms with Gasteiger partial charge in [-0.05, 0) is 26.0 Å². The summed E-state index contributed by atoms with van der Waals surface area (Å²) in [6.07, 6.45) is 0.304. The molecule has 1 aromatic rings. The van der Waals surface area contributed by atoms with Crippen molar-refractivity contribution in [3.63, 3.8) is 0 Å². The third-order valence-corrected chi connectivity index (χ3v) is 4.62. The Kier molecular flexibility index (Phi) is 3.92. The van der Waals surface area contributed by atoms with Gasteiger partial charge in [0, 0.05) is 6.42 Å². The summed E-state index contributed by atoms with van der Waals surface area (Å²) in [5, 5.41) is 3.88. The zero-order valence-electron chi connectivity index (χ0n) is 10.3. The molecule has 3 nitrogen and oxygen atoms in total. The maximum atomic E-state index is 13.6. The molecule has 1 aliphatic rings. The molecule has 0 saturated heterocycles. The van der Waals surface area contributed by atoms with Crippen LogP contribution in [-0.4, -0.2) is 14.9 Å². The van der Waals surface area contributed by atoms with Crippen molar-refractivity contribution in [2.75, 3.05) is 0 Å². The number of hydrogen-bond donors (Lipinski definition) is 0. The lowest BCUT2D eigenvalue weighted by atomic mass is 10.1. The normalized spacial score (nSPS) is 20.6. The van der Waals surface area contributed by atoms with Crippen LogP contribution >= 0.6 is 11.6 Å². The Hall–Kier alpha value is -1.01. The molecule has 0 aromatic heterocycles. The van der Waals surface area contributed by atoms with Gasteiger partial charge in [-0.2, -0.15) is 0 Å². The molecule has 2 unspecified atom stereocenters. The molecule has 0 spiro atoms. The van der Waals surface area contributed by atoms with Crippen LogP contribution in [0.3, 0.4) is 0 Å². The third-order valence-electron chi connectivity index (χ3n) is 2.62. The highest BCUT2D eigenvalue weighted by Gasteiger charge is 2.36. The van der Waals surface area contributed by atoms with Gasteiger partial charge in [0.1, 0.15) is 27.0 Å². The summed E-state index contributed by atoms with van der Waals surface area (Å²) >= 11 is 5.92. The molecule has 2 rings (SSSR count). The van der Waals surface area contributed by atoms with Crippen LogP contribution in [0.4, 0.5) is 8.78 Å². The molecule has 7 heteroatoms. The van der Waals surface area contributed by atoms with Crippen molar-refractivity contribution in [3.05, 3.63) is 35.4 Å². The van der Waals surface area contributed by atoms with E-state index in [9.17, 15) is 13.0 Å². The Morgan fingerprint density at radius 2 is 2.00 bits per heavy atom. The van der Waals surface area contributed by atoms with Gasteiger partial charge >= 0.3 is 0 Å². The maximum absolute atomic E-state index is 13.6. The summed E-state index contributed by atoms with van der Waals surface area (Å²) in [6.45, 7) is 3.54. The molecule has 19 heavy (non-hydrogen) atoms. The largest absolute Gasteiger partial charge is 0.389 e. The summed E-state index contributed by atoms with van der Waals surface area (Å²) in [5.41, 5.74) is -0.982. The molecule has 0 bridgehead atoms. The Bertz CT molecular complexity index is 542. The third kappa shape index (κ3) is 2.95. The first-order valence-electron chi connectivity index (χ1n) is 5.55. The van der Waals surface area contributed by atoms with Crippen LogP contribution < -0.4 is 0 Å². The van der Waals surface area contributed by atoms with Crippen LogP contribution in [0, 0.1) is 11.6 Å². The highest BCUT2D eigenvalue weighted by molar-refractivity contribution is 8.01. The average molecular weight is 308 g/mol. The molecular formula is C12H12ClF2NO2S. The summed E-state index contributed by atoms with van der Waals surface area (Å²) in [5.74, 6) is -1.65. The predicted molar refractivity (Wildman–Crippen MR) is 70.3 cm³/mol. The summed E-state index contributed by atoms with van der Waals surface area (Å²) in [4.78, 5) is 5.07.